The first-order valence-corrected chi connectivity index (χ1v) is 8.73. The molecule has 4 nitrogen and oxygen atoms in total. The van der Waals surface area contributed by atoms with E-state index in [4.69, 9.17) is 23.2 Å². The largest absolute Gasteiger partial charge is 0.323 e. The smallest absolute Gasteiger partial charge is 0.252 e. The number of rotatable bonds is 2. The summed E-state index contributed by atoms with van der Waals surface area (Å²) in [6.45, 7) is 1.62. The van der Waals surface area contributed by atoms with Crippen LogP contribution in [-0.4, -0.2) is 23.6 Å². The standard InChI is InChI=1S/C17H14Cl2N2O2S/c1-17(15(22)20-12-8-7-10(18)9-11(12)19)16(23)21(2)13-5-3-4-6-14(13)24-17/h3-9H,1-2H3,(H,20,22). The number of fused-ring (bicyclic) bond motifs is 1. The molecule has 7 heteroatoms. The van der Waals surface area contributed by atoms with E-state index in [-0.39, 0.29) is 5.91 Å². The number of para-hydroxylation sites is 1. The van der Waals surface area contributed by atoms with Crippen LogP contribution < -0.4 is 10.2 Å². The lowest BCUT2D eigenvalue weighted by Gasteiger charge is -2.37. The predicted octanol–water partition coefficient (Wildman–Crippen LogP) is 4.46. The number of nitrogens with zero attached hydrogens (tertiary/aromatic N) is 1. The van der Waals surface area contributed by atoms with Gasteiger partial charge in [-0.3, -0.25) is 9.59 Å². The summed E-state index contributed by atoms with van der Waals surface area (Å²) in [5.74, 6) is -0.711. The lowest BCUT2D eigenvalue weighted by molar-refractivity contribution is -0.128. The van der Waals surface area contributed by atoms with Gasteiger partial charge in [0.05, 0.1) is 16.4 Å². The van der Waals surface area contributed by atoms with Gasteiger partial charge in [-0.15, -0.1) is 0 Å². The van der Waals surface area contributed by atoms with E-state index in [1.165, 1.54) is 22.7 Å². The topological polar surface area (TPSA) is 49.4 Å². The number of anilines is 2. The summed E-state index contributed by atoms with van der Waals surface area (Å²) in [6, 6.07) is 12.3. The van der Waals surface area contributed by atoms with Crippen LogP contribution in [0.15, 0.2) is 47.4 Å². The molecule has 0 saturated carbocycles. The summed E-state index contributed by atoms with van der Waals surface area (Å²) in [7, 11) is 1.67. The van der Waals surface area contributed by atoms with Crippen LogP contribution in [-0.2, 0) is 9.59 Å². The lowest BCUT2D eigenvalue weighted by Crippen LogP contribution is -2.53. The summed E-state index contributed by atoms with van der Waals surface area (Å²) in [4.78, 5) is 28.0. The highest BCUT2D eigenvalue weighted by molar-refractivity contribution is 8.02. The molecule has 124 valence electrons. The average molecular weight is 381 g/mol. The molecule has 0 aliphatic carbocycles. The van der Waals surface area contributed by atoms with Gasteiger partial charge in [-0.05, 0) is 37.3 Å². The molecule has 1 heterocycles. The summed E-state index contributed by atoms with van der Waals surface area (Å²) in [5, 5.41) is 3.53. The summed E-state index contributed by atoms with van der Waals surface area (Å²) >= 11 is 13.2. The molecule has 1 aliphatic rings. The van der Waals surface area contributed by atoms with Gasteiger partial charge in [0, 0.05) is 17.0 Å². The first kappa shape index (κ1) is 17.1. The van der Waals surface area contributed by atoms with Gasteiger partial charge in [0.15, 0.2) is 4.75 Å². The fraction of sp³-hybridized carbons (Fsp3) is 0.176. The minimum Gasteiger partial charge on any atom is -0.323 e. The SMILES string of the molecule is CN1C(=O)C(C)(C(=O)Nc2ccc(Cl)cc2Cl)Sc2ccccc21. The van der Waals surface area contributed by atoms with Gasteiger partial charge in [-0.1, -0.05) is 47.1 Å². The van der Waals surface area contributed by atoms with E-state index in [0.717, 1.165) is 10.6 Å². The maximum Gasteiger partial charge on any atom is 0.252 e. The van der Waals surface area contributed by atoms with E-state index in [0.29, 0.717) is 15.7 Å². The van der Waals surface area contributed by atoms with Gasteiger partial charge >= 0.3 is 0 Å². The van der Waals surface area contributed by atoms with Gasteiger partial charge in [0.1, 0.15) is 0 Å². The van der Waals surface area contributed by atoms with E-state index in [2.05, 4.69) is 5.32 Å². The molecule has 0 saturated heterocycles. The second kappa shape index (κ2) is 6.31. The lowest BCUT2D eigenvalue weighted by atomic mass is 10.1. The van der Waals surface area contributed by atoms with Crippen LogP contribution in [0.5, 0.6) is 0 Å². The number of thioether (sulfide) groups is 1. The summed E-state index contributed by atoms with van der Waals surface area (Å²) in [5.41, 5.74) is 1.21. The molecule has 0 spiro atoms. The zero-order chi connectivity index (χ0) is 17.5. The Morgan fingerprint density at radius 2 is 1.92 bits per heavy atom. The molecule has 3 rings (SSSR count). The van der Waals surface area contributed by atoms with E-state index in [1.807, 2.05) is 24.3 Å². The Bertz CT molecular complexity index is 843. The molecule has 2 aromatic carbocycles. The number of nitrogens with one attached hydrogen (secondary N) is 1. The quantitative estimate of drug-likeness (QED) is 0.782. The van der Waals surface area contributed by atoms with E-state index in [9.17, 15) is 9.59 Å². The number of halogens is 2. The monoisotopic (exact) mass is 380 g/mol. The van der Waals surface area contributed by atoms with Crippen molar-refractivity contribution in [3.63, 3.8) is 0 Å². The van der Waals surface area contributed by atoms with Crippen LogP contribution in [0.4, 0.5) is 11.4 Å². The highest BCUT2D eigenvalue weighted by Crippen LogP contribution is 2.45. The molecule has 2 amide bonds. The van der Waals surface area contributed by atoms with Crippen LogP contribution in [0.25, 0.3) is 0 Å². The number of carbonyl (C=O) groups excluding carboxylic acids is 2. The highest BCUT2D eigenvalue weighted by atomic mass is 35.5. The highest BCUT2D eigenvalue weighted by Gasteiger charge is 2.48. The number of benzene rings is 2. The van der Waals surface area contributed by atoms with Crippen molar-refractivity contribution in [3.05, 3.63) is 52.5 Å². The molecule has 0 radical (unpaired) electrons. The number of carbonyl (C=O) groups is 2. The number of amides is 2. The third-order valence-corrected chi connectivity index (χ3v) is 5.75. The molecule has 2 aromatic rings. The summed E-state index contributed by atoms with van der Waals surface area (Å²) < 4.78 is -1.29. The van der Waals surface area contributed by atoms with Crippen molar-refractivity contribution < 1.29 is 9.59 Å². The molecule has 1 atom stereocenters. The Kier molecular flexibility index (Phi) is 4.51. The van der Waals surface area contributed by atoms with Crippen LogP contribution >= 0.6 is 35.0 Å². The molecule has 0 aromatic heterocycles. The molecule has 1 aliphatic heterocycles. The normalized spacial score (nSPS) is 19.8. The first-order chi connectivity index (χ1) is 11.3. The third kappa shape index (κ3) is 2.88. The minimum atomic E-state index is -1.29. The number of hydrogen-bond acceptors (Lipinski definition) is 3. The van der Waals surface area contributed by atoms with Crippen molar-refractivity contribution in [3.8, 4) is 0 Å². The Morgan fingerprint density at radius 3 is 2.62 bits per heavy atom. The van der Waals surface area contributed by atoms with Gasteiger partial charge < -0.3 is 10.2 Å². The van der Waals surface area contributed by atoms with Crippen molar-refractivity contribution in [2.24, 2.45) is 0 Å². The molecule has 0 fully saturated rings. The predicted molar refractivity (Wildman–Crippen MR) is 99.2 cm³/mol. The zero-order valence-corrected chi connectivity index (χ0v) is 15.3. The van der Waals surface area contributed by atoms with Crippen LogP contribution in [0.2, 0.25) is 10.0 Å². The molecule has 0 bridgehead atoms. The van der Waals surface area contributed by atoms with Crippen molar-refractivity contribution in [1.29, 1.82) is 0 Å². The molecular weight excluding hydrogens is 367 g/mol. The summed E-state index contributed by atoms with van der Waals surface area (Å²) in [6.07, 6.45) is 0. The number of hydrogen-bond donors (Lipinski definition) is 1. The average Bonchev–Trinajstić information content (AvgIpc) is 2.55. The van der Waals surface area contributed by atoms with Crippen molar-refractivity contribution >= 4 is 58.2 Å². The van der Waals surface area contributed by atoms with Gasteiger partial charge in [-0.2, -0.15) is 0 Å². The van der Waals surface area contributed by atoms with Crippen LogP contribution in [0.1, 0.15) is 6.92 Å². The Morgan fingerprint density at radius 1 is 1.21 bits per heavy atom. The third-order valence-electron chi connectivity index (χ3n) is 3.87. The molecule has 24 heavy (non-hydrogen) atoms. The molecular formula is C17H14Cl2N2O2S. The van der Waals surface area contributed by atoms with Crippen LogP contribution in [0, 0.1) is 0 Å². The molecule has 1 unspecified atom stereocenters. The van der Waals surface area contributed by atoms with Crippen LogP contribution in [0.3, 0.4) is 0 Å². The van der Waals surface area contributed by atoms with Gasteiger partial charge in [0.25, 0.3) is 5.91 Å². The van der Waals surface area contributed by atoms with E-state index in [1.54, 1.807) is 26.1 Å². The second-order valence-corrected chi connectivity index (χ2v) is 7.85. The maximum atomic E-state index is 12.8. The van der Waals surface area contributed by atoms with Crippen molar-refractivity contribution in [1.82, 2.24) is 0 Å². The Balaban J connectivity index is 1.93. The first-order valence-electron chi connectivity index (χ1n) is 7.15. The fourth-order valence-corrected chi connectivity index (χ4v) is 4.21. The molecule has 1 N–H and O–H groups in total. The van der Waals surface area contributed by atoms with Gasteiger partial charge in [-0.25, -0.2) is 0 Å². The second-order valence-electron chi connectivity index (χ2n) is 5.55. The Labute approximate surface area is 154 Å². The fourth-order valence-electron chi connectivity index (χ4n) is 2.49. The Hall–Kier alpha value is -1.69. The zero-order valence-electron chi connectivity index (χ0n) is 13.0. The van der Waals surface area contributed by atoms with Gasteiger partial charge in [0.2, 0.25) is 5.91 Å². The van der Waals surface area contributed by atoms with Crippen molar-refractivity contribution in [2.45, 2.75) is 16.6 Å². The maximum absolute atomic E-state index is 12.8. The van der Waals surface area contributed by atoms with E-state index >= 15 is 0 Å². The van der Waals surface area contributed by atoms with E-state index < -0.39 is 10.7 Å². The van der Waals surface area contributed by atoms with Crippen molar-refractivity contribution in [2.75, 3.05) is 17.3 Å². The minimum absolute atomic E-state index is 0.284.